The highest BCUT2D eigenvalue weighted by Gasteiger charge is 2.49. The van der Waals surface area contributed by atoms with E-state index in [0.29, 0.717) is 42.7 Å². The number of nitrogens with zero attached hydrogens (tertiary/aromatic N) is 5. The Morgan fingerprint density at radius 3 is 2.32 bits per heavy atom. The summed E-state index contributed by atoms with van der Waals surface area (Å²) in [7, 11) is 1.59. The maximum atomic E-state index is 14.1. The van der Waals surface area contributed by atoms with Crippen LogP contribution in [0, 0.1) is 23.6 Å². The normalized spacial score (nSPS) is 27.5. The van der Waals surface area contributed by atoms with Gasteiger partial charge in [-0.25, -0.2) is 9.07 Å². The maximum Gasteiger partial charge on any atom is 0.266 e. The van der Waals surface area contributed by atoms with Gasteiger partial charge in [0.2, 0.25) is 5.91 Å². The third-order valence-corrected chi connectivity index (χ3v) is 8.40. The lowest BCUT2D eigenvalue weighted by molar-refractivity contribution is -0.152. The van der Waals surface area contributed by atoms with Gasteiger partial charge in [0.05, 0.1) is 17.7 Å². The van der Waals surface area contributed by atoms with Crippen LogP contribution < -0.4 is 10.5 Å². The topological polar surface area (TPSA) is 91.6 Å². The molecule has 38 heavy (non-hydrogen) atoms. The number of carbonyl (C=O) groups excluding carboxylic acids is 1. The Morgan fingerprint density at radius 2 is 1.71 bits per heavy atom. The Labute approximate surface area is 225 Å². The molecule has 1 aromatic carbocycles. The zero-order valence-electron chi connectivity index (χ0n) is 21.6. The summed E-state index contributed by atoms with van der Waals surface area (Å²) in [5.74, 6) is -1.06. The molecule has 200 valence electrons. The van der Waals surface area contributed by atoms with Gasteiger partial charge in [0, 0.05) is 67.8 Å². The van der Waals surface area contributed by atoms with Crippen LogP contribution in [0.5, 0.6) is 0 Å². The van der Waals surface area contributed by atoms with Gasteiger partial charge in [0.1, 0.15) is 11.6 Å². The Kier molecular flexibility index (Phi) is 7.00. The number of likely N-dealkylation sites (tertiary alicyclic amines) is 1. The number of hydrogen-bond acceptors (Lipinski definition) is 6. The number of amides is 1. The molecule has 10 heteroatoms. The van der Waals surface area contributed by atoms with Crippen LogP contribution in [0.2, 0.25) is 5.02 Å². The minimum atomic E-state index is -1.10. The van der Waals surface area contributed by atoms with E-state index in [2.05, 4.69) is 10.1 Å². The van der Waals surface area contributed by atoms with E-state index in [1.165, 1.54) is 23.0 Å². The number of aromatic nitrogens is 3. The van der Waals surface area contributed by atoms with E-state index in [1.54, 1.807) is 31.3 Å². The van der Waals surface area contributed by atoms with E-state index in [-0.39, 0.29) is 29.2 Å². The van der Waals surface area contributed by atoms with Crippen molar-refractivity contribution in [3.05, 3.63) is 87.2 Å². The van der Waals surface area contributed by atoms with Crippen LogP contribution in [-0.4, -0.2) is 56.9 Å². The fourth-order valence-corrected chi connectivity index (χ4v) is 6.13. The molecule has 0 radical (unpaired) electrons. The number of rotatable bonds is 4. The minimum Gasteiger partial charge on any atom is -0.384 e. The van der Waals surface area contributed by atoms with E-state index < -0.39 is 17.3 Å². The lowest BCUT2D eigenvalue weighted by atomic mass is 9.70. The van der Waals surface area contributed by atoms with Crippen molar-refractivity contribution in [1.29, 1.82) is 0 Å². The summed E-state index contributed by atoms with van der Waals surface area (Å²) in [5, 5.41) is 16.7. The van der Waals surface area contributed by atoms with Crippen LogP contribution in [0.15, 0.2) is 59.5 Å². The molecule has 2 aliphatic heterocycles. The molecule has 1 amide bonds. The number of aliphatic hydroxyl groups is 1. The molecule has 0 aliphatic carbocycles. The van der Waals surface area contributed by atoms with Gasteiger partial charge in [-0.05, 0) is 35.9 Å². The molecule has 5 atom stereocenters. The second kappa shape index (κ2) is 10.1. The Bertz CT molecular complexity index is 1370. The summed E-state index contributed by atoms with van der Waals surface area (Å²) in [6, 6.07) is 13.3. The molecular formula is C28H31ClFN5O3. The predicted molar refractivity (Wildman–Crippen MR) is 142 cm³/mol. The summed E-state index contributed by atoms with van der Waals surface area (Å²) in [6.07, 6.45) is 1.17. The van der Waals surface area contributed by atoms with Gasteiger partial charge in [-0.15, -0.1) is 0 Å². The SMILES string of the molecule is C[C@@H]1CN(C(=O)[C@@H]2CN(c3ccc(=O)n(C)n3)C[C@H]2c2ccc(F)cn2)C[C@H](C)C1(O)c1ccc(Cl)cc1. The zero-order valence-corrected chi connectivity index (χ0v) is 22.3. The molecule has 2 saturated heterocycles. The number of anilines is 1. The van der Waals surface area contributed by atoms with Crippen LogP contribution in [0.3, 0.4) is 0 Å². The first kappa shape index (κ1) is 26.3. The van der Waals surface area contributed by atoms with Gasteiger partial charge in [0.25, 0.3) is 5.56 Å². The van der Waals surface area contributed by atoms with E-state index in [9.17, 15) is 19.1 Å². The second-order valence-electron chi connectivity index (χ2n) is 10.6. The van der Waals surface area contributed by atoms with Crippen LogP contribution in [0.25, 0.3) is 0 Å². The number of carbonyl (C=O) groups is 1. The third-order valence-electron chi connectivity index (χ3n) is 8.15. The highest BCUT2D eigenvalue weighted by Crippen LogP contribution is 2.43. The molecule has 0 spiro atoms. The number of pyridine rings is 1. The van der Waals surface area contributed by atoms with Gasteiger partial charge >= 0.3 is 0 Å². The molecule has 2 fully saturated rings. The molecular weight excluding hydrogens is 509 g/mol. The number of piperidine rings is 1. The van der Waals surface area contributed by atoms with E-state index in [0.717, 1.165) is 5.56 Å². The van der Waals surface area contributed by atoms with Crippen molar-refractivity contribution < 1.29 is 14.3 Å². The van der Waals surface area contributed by atoms with Crippen molar-refractivity contribution in [2.45, 2.75) is 25.4 Å². The third kappa shape index (κ3) is 4.69. The zero-order chi connectivity index (χ0) is 27.2. The summed E-state index contributed by atoms with van der Waals surface area (Å²) >= 11 is 6.07. The highest BCUT2D eigenvalue weighted by molar-refractivity contribution is 6.30. The average Bonchev–Trinajstić information content (AvgIpc) is 3.34. The summed E-state index contributed by atoms with van der Waals surface area (Å²) in [5.41, 5.74) is 0.101. The van der Waals surface area contributed by atoms with Crippen molar-refractivity contribution >= 4 is 23.3 Å². The second-order valence-corrected chi connectivity index (χ2v) is 11.0. The van der Waals surface area contributed by atoms with Crippen LogP contribution in [0.4, 0.5) is 10.2 Å². The number of aryl methyl sites for hydroxylation is 1. The Balaban J connectivity index is 1.42. The molecule has 2 aliphatic rings. The maximum absolute atomic E-state index is 14.1. The van der Waals surface area contributed by atoms with Gasteiger partial charge in [0.15, 0.2) is 0 Å². The largest absolute Gasteiger partial charge is 0.384 e. The smallest absolute Gasteiger partial charge is 0.266 e. The molecule has 5 rings (SSSR count). The van der Waals surface area contributed by atoms with Gasteiger partial charge < -0.3 is 14.9 Å². The summed E-state index contributed by atoms with van der Waals surface area (Å²) in [6.45, 7) is 5.53. The Hall–Kier alpha value is -3.30. The molecule has 1 unspecified atom stereocenters. The van der Waals surface area contributed by atoms with E-state index in [1.807, 2.05) is 35.8 Å². The first-order chi connectivity index (χ1) is 18.1. The lowest BCUT2D eigenvalue weighted by Gasteiger charge is -2.48. The molecule has 2 aromatic heterocycles. The predicted octanol–water partition coefficient (Wildman–Crippen LogP) is 3.19. The van der Waals surface area contributed by atoms with E-state index in [4.69, 9.17) is 11.6 Å². The highest BCUT2D eigenvalue weighted by atomic mass is 35.5. The monoisotopic (exact) mass is 539 g/mol. The van der Waals surface area contributed by atoms with Crippen LogP contribution in [0.1, 0.15) is 31.0 Å². The van der Waals surface area contributed by atoms with Gasteiger partial charge in [-0.2, -0.15) is 5.10 Å². The van der Waals surface area contributed by atoms with Gasteiger partial charge in [-0.3, -0.25) is 14.6 Å². The molecule has 0 bridgehead atoms. The summed E-state index contributed by atoms with van der Waals surface area (Å²) < 4.78 is 14.9. The first-order valence-corrected chi connectivity index (χ1v) is 13.1. The molecule has 8 nitrogen and oxygen atoms in total. The van der Waals surface area contributed by atoms with Crippen molar-refractivity contribution in [1.82, 2.24) is 19.7 Å². The molecule has 1 N–H and O–H groups in total. The summed E-state index contributed by atoms with van der Waals surface area (Å²) in [4.78, 5) is 34.0. The van der Waals surface area contributed by atoms with Crippen molar-refractivity contribution in [2.75, 3.05) is 31.1 Å². The standard InChI is InChI=1S/C28H31ClFN5O3/c1-17-13-35(14-18(2)28(17,38)19-4-6-20(29)7-5-19)27(37)23-16-34(25-10-11-26(36)33(3)32-25)15-22(23)24-9-8-21(30)12-31-24/h4-12,17-18,22-23,38H,13-16H2,1-3H3/t17-,18+,22-,23-,28?/m1/s1. The van der Waals surface area contributed by atoms with Crippen molar-refractivity contribution in [3.8, 4) is 0 Å². The van der Waals surface area contributed by atoms with Crippen molar-refractivity contribution in [2.24, 2.45) is 24.8 Å². The number of benzene rings is 1. The first-order valence-electron chi connectivity index (χ1n) is 12.8. The molecule has 0 saturated carbocycles. The average molecular weight is 540 g/mol. The van der Waals surface area contributed by atoms with Crippen molar-refractivity contribution in [3.63, 3.8) is 0 Å². The molecule has 3 aromatic rings. The van der Waals surface area contributed by atoms with Crippen LogP contribution in [-0.2, 0) is 17.4 Å². The van der Waals surface area contributed by atoms with E-state index >= 15 is 0 Å². The number of halogens is 2. The number of hydrogen-bond donors (Lipinski definition) is 1. The fourth-order valence-electron chi connectivity index (χ4n) is 6.01. The minimum absolute atomic E-state index is 0.0368. The Morgan fingerprint density at radius 1 is 1.03 bits per heavy atom. The molecule has 4 heterocycles. The quantitative estimate of drug-likeness (QED) is 0.547. The lowest BCUT2D eigenvalue weighted by Crippen LogP contribution is -2.57. The fraction of sp³-hybridized carbons (Fsp3) is 0.429. The van der Waals surface area contributed by atoms with Crippen LogP contribution >= 0.6 is 11.6 Å². The van der Waals surface area contributed by atoms with Gasteiger partial charge in [-0.1, -0.05) is 37.6 Å².